The van der Waals surface area contributed by atoms with Crippen molar-refractivity contribution in [3.8, 4) is 11.9 Å². The van der Waals surface area contributed by atoms with Gasteiger partial charge in [0.15, 0.2) is 0 Å². The quantitative estimate of drug-likeness (QED) is 0.721. The molecular weight excluding hydrogens is 236 g/mol. The molecule has 0 saturated carbocycles. The van der Waals surface area contributed by atoms with E-state index in [-0.39, 0.29) is 23.3 Å². The van der Waals surface area contributed by atoms with Crippen LogP contribution in [0.1, 0.15) is 11.7 Å². The van der Waals surface area contributed by atoms with Gasteiger partial charge in [0.2, 0.25) is 5.88 Å². The second-order valence-corrected chi connectivity index (χ2v) is 3.30. The van der Waals surface area contributed by atoms with E-state index in [0.717, 1.165) is 0 Å². The molecule has 2 N–H and O–H groups in total. The number of nitrogens with zero attached hydrogens (tertiary/aromatic N) is 2. The number of halogens is 1. The Bertz CT molecular complexity index is 350. The number of alkyl halides is 1. The summed E-state index contributed by atoms with van der Waals surface area (Å²) in [6.07, 6.45) is -0.976. The number of aliphatic hydroxyl groups is 2. The van der Waals surface area contributed by atoms with Crippen LogP contribution in [0.5, 0.6) is 11.9 Å². The van der Waals surface area contributed by atoms with Crippen LogP contribution in [0.4, 0.5) is 0 Å². The molecule has 1 rings (SSSR count). The molecule has 1 aromatic heterocycles. The van der Waals surface area contributed by atoms with E-state index in [2.05, 4.69) is 9.97 Å². The van der Waals surface area contributed by atoms with Crippen molar-refractivity contribution in [2.24, 2.45) is 0 Å². The van der Waals surface area contributed by atoms with Crippen molar-refractivity contribution >= 4 is 11.6 Å². The van der Waals surface area contributed by atoms with Gasteiger partial charge in [-0.25, -0.2) is 4.98 Å². The van der Waals surface area contributed by atoms with Crippen LogP contribution in [0.15, 0.2) is 6.20 Å². The summed E-state index contributed by atoms with van der Waals surface area (Å²) in [6, 6.07) is 0.119. The van der Waals surface area contributed by atoms with Crippen LogP contribution in [-0.2, 0) is 0 Å². The lowest BCUT2D eigenvalue weighted by Gasteiger charge is -2.17. The zero-order valence-electron chi connectivity index (χ0n) is 8.92. The third-order valence-electron chi connectivity index (χ3n) is 1.98. The van der Waals surface area contributed by atoms with Gasteiger partial charge in [0, 0.05) is 6.20 Å². The lowest BCUT2D eigenvalue weighted by Crippen LogP contribution is -2.21. The number of ether oxygens (including phenoxy) is 2. The minimum atomic E-state index is -1.20. The average molecular weight is 249 g/mol. The second kappa shape index (κ2) is 5.83. The Morgan fingerprint density at radius 2 is 2.06 bits per heavy atom. The Morgan fingerprint density at radius 3 is 2.56 bits per heavy atom. The largest absolute Gasteiger partial charge is 0.481 e. The summed E-state index contributed by atoms with van der Waals surface area (Å²) in [7, 11) is 2.81. The summed E-state index contributed by atoms with van der Waals surface area (Å²) in [4.78, 5) is 7.69. The van der Waals surface area contributed by atoms with Crippen molar-refractivity contribution in [3.63, 3.8) is 0 Å². The molecule has 16 heavy (non-hydrogen) atoms. The number of aromatic nitrogens is 2. The van der Waals surface area contributed by atoms with E-state index < -0.39 is 12.2 Å². The van der Waals surface area contributed by atoms with E-state index in [1.165, 1.54) is 20.4 Å². The predicted octanol–water partition coefficient (Wildman–Crippen LogP) is 0.127. The highest BCUT2D eigenvalue weighted by atomic mass is 35.5. The zero-order valence-corrected chi connectivity index (χ0v) is 9.68. The fourth-order valence-electron chi connectivity index (χ4n) is 1.12. The molecule has 1 heterocycles. The first kappa shape index (κ1) is 13.0. The molecule has 0 bridgehead atoms. The third kappa shape index (κ3) is 2.72. The maximum absolute atomic E-state index is 9.73. The van der Waals surface area contributed by atoms with Crippen LogP contribution in [-0.4, -0.2) is 46.4 Å². The summed E-state index contributed by atoms with van der Waals surface area (Å²) < 4.78 is 9.76. The maximum atomic E-state index is 9.73. The molecule has 7 heteroatoms. The number of methoxy groups -OCH3 is 2. The van der Waals surface area contributed by atoms with Crippen LogP contribution in [0.2, 0.25) is 0 Å². The van der Waals surface area contributed by atoms with Gasteiger partial charge in [-0.1, -0.05) is 0 Å². The fourth-order valence-corrected chi connectivity index (χ4v) is 1.29. The molecule has 0 amide bonds. The molecule has 0 aliphatic carbocycles. The molecule has 0 aliphatic rings. The molecular formula is C9H13ClN2O4. The van der Waals surface area contributed by atoms with Gasteiger partial charge < -0.3 is 19.7 Å². The van der Waals surface area contributed by atoms with E-state index in [4.69, 9.17) is 21.1 Å². The van der Waals surface area contributed by atoms with Crippen LogP contribution in [0.25, 0.3) is 0 Å². The highest BCUT2D eigenvalue weighted by molar-refractivity contribution is 6.18. The first-order valence-corrected chi connectivity index (χ1v) is 5.04. The minimum Gasteiger partial charge on any atom is -0.481 e. The highest BCUT2D eigenvalue weighted by Crippen LogP contribution is 2.26. The van der Waals surface area contributed by atoms with E-state index in [0.29, 0.717) is 0 Å². The van der Waals surface area contributed by atoms with Crippen molar-refractivity contribution in [1.82, 2.24) is 9.97 Å². The molecule has 0 aromatic carbocycles. The van der Waals surface area contributed by atoms with E-state index in [1.807, 2.05) is 0 Å². The Hall–Kier alpha value is -1.11. The second-order valence-electron chi connectivity index (χ2n) is 2.99. The standard InChI is InChI=1S/C9H13ClN2O4/c1-15-8-5(7(14)6(13)3-10)4-11-9(12-8)16-2/h4,6-7,13-14H,3H2,1-2H3. The minimum absolute atomic E-state index is 0.101. The summed E-state index contributed by atoms with van der Waals surface area (Å²) >= 11 is 5.43. The maximum Gasteiger partial charge on any atom is 0.319 e. The lowest BCUT2D eigenvalue weighted by molar-refractivity contribution is 0.0304. The average Bonchev–Trinajstić information content (AvgIpc) is 2.35. The number of aliphatic hydroxyl groups excluding tert-OH is 2. The van der Waals surface area contributed by atoms with E-state index in [1.54, 1.807) is 0 Å². The summed E-state index contributed by atoms with van der Waals surface area (Å²) in [5, 5.41) is 19.1. The highest BCUT2D eigenvalue weighted by Gasteiger charge is 2.23. The molecule has 90 valence electrons. The first-order chi connectivity index (χ1) is 7.63. The Balaban J connectivity index is 3.03. The van der Waals surface area contributed by atoms with Gasteiger partial charge in [-0.3, -0.25) is 0 Å². The van der Waals surface area contributed by atoms with Crippen LogP contribution in [0, 0.1) is 0 Å². The van der Waals surface area contributed by atoms with Crippen LogP contribution >= 0.6 is 11.6 Å². The van der Waals surface area contributed by atoms with Gasteiger partial charge in [0.1, 0.15) is 6.10 Å². The number of hydrogen-bond donors (Lipinski definition) is 2. The monoisotopic (exact) mass is 248 g/mol. The molecule has 0 saturated heterocycles. The summed E-state index contributed by atoms with van der Waals surface area (Å²) in [5.41, 5.74) is 0.261. The molecule has 0 aliphatic heterocycles. The van der Waals surface area contributed by atoms with Gasteiger partial charge in [-0.2, -0.15) is 4.98 Å². The van der Waals surface area contributed by atoms with Gasteiger partial charge >= 0.3 is 6.01 Å². The van der Waals surface area contributed by atoms with Gasteiger partial charge in [0.25, 0.3) is 0 Å². The molecule has 2 unspecified atom stereocenters. The Morgan fingerprint density at radius 1 is 1.38 bits per heavy atom. The molecule has 2 atom stereocenters. The number of rotatable bonds is 5. The van der Waals surface area contributed by atoms with Crippen molar-refractivity contribution in [2.75, 3.05) is 20.1 Å². The van der Waals surface area contributed by atoms with Gasteiger partial charge in [0.05, 0.1) is 31.8 Å². The molecule has 6 nitrogen and oxygen atoms in total. The zero-order chi connectivity index (χ0) is 12.1. The van der Waals surface area contributed by atoms with Gasteiger partial charge in [-0.05, 0) is 0 Å². The van der Waals surface area contributed by atoms with E-state index >= 15 is 0 Å². The normalized spacial score (nSPS) is 14.3. The summed E-state index contributed by atoms with van der Waals surface area (Å²) in [5.74, 6) is 0.0413. The SMILES string of the molecule is COc1ncc(C(O)C(O)CCl)c(OC)n1. The van der Waals surface area contributed by atoms with Crippen molar-refractivity contribution < 1.29 is 19.7 Å². The van der Waals surface area contributed by atoms with Crippen molar-refractivity contribution in [1.29, 1.82) is 0 Å². The number of hydrogen-bond acceptors (Lipinski definition) is 6. The summed E-state index contributed by atoms with van der Waals surface area (Å²) in [6.45, 7) is 0. The van der Waals surface area contributed by atoms with E-state index in [9.17, 15) is 10.2 Å². The van der Waals surface area contributed by atoms with Crippen molar-refractivity contribution in [3.05, 3.63) is 11.8 Å². The Labute approximate surface area is 97.8 Å². The molecule has 1 aromatic rings. The molecule has 0 fully saturated rings. The lowest BCUT2D eigenvalue weighted by atomic mass is 10.1. The van der Waals surface area contributed by atoms with Crippen LogP contribution < -0.4 is 9.47 Å². The third-order valence-corrected chi connectivity index (χ3v) is 2.29. The topological polar surface area (TPSA) is 84.7 Å². The molecule has 0 spiro atoms. The smallest absolute Gasteiger partial charge is 0.319 e. The Kier molecular flexibility index (Phi) is 4.72. The van der Waals surface area contributed by atoms with Gasteiger partial charge in [-0.15, -0.1) is 11.6 Å². The van der Waals surface area contributed by atoms with Crippen molar-refractivity contribution in [2.45, 2.75) is 12.2 Å². The van der Waals surface area contributed by atoms with Crippen LogP contribution in [0.3, 0.4) is 0 Å². The first-order valence-electron chi connectivity index (χ1n) is 4.51. The fraction of sp³-hybridized carbons (Fsp3) is 0.556. The molecule has 0 radical (unpaired) electrons. The predicted molar refractivity (Wildman–Crippen MR) is 56.8 cm³/mol.